The molecule has 0 saturated heterocycles. The molecule has 0 radical (unpaired) electrons. The second-order valence-electron chi connectivity index (χ2n) is 5.53. The van der Waals surface area contributed by atoms with Gasteiger partial charge in [0.2, 0.25) is 0 Å². The molecule has 0 amide bonds. The molecule has 122 valence electrons. The third-order valence-electron chi connectivity index (χ3n) is 3.79. The van der Waals surface area contributed by atoms with Crippen LogP contribution in [0.5, 0.6) is 0 Å². The topological polar surface area (TPSA) is 29.0 Å². The molecular formula is C19H18BrN3S. The van der Waals surface area contributed by atoms with Crippen molar-refractivity contribution in [2.45, 2.75) is 13.8 Å². The summed E-state index contributed by atoms with van der Waals surface area (Å²) in [4.78, 5) is 0. The fraction of sp³-hybridized carbons (Fsp3) is 0.105. The molecule has 3 aromatic rings. The maximum atomic E-state index is 5.48. The lowest BCUT2D eigenvalue weighted by molar-refractivity contribution is 0.968. The van der Waals surface area contributed by atoms with Crippen LogP contribution in [-0.4, -0.2) is 9.68 Å². The van der Waals surface area contributed by atoms with E-state index >= 15 is 0 Å². The van der Waals surface area contributed by atoms with Crippen molar-refractivity contribution in [1.82, 2.24) is 4.57 Å². The average Bonchev–Trinajstić information content (AvgIpc) is 2.89. The largest absolute Gasteiger partial charge is 0.332 e. The van der Waals surface area contributed by atoms with Crippen LogP contribution < -0.4 is 10.6 Å². The molecule has 2 N–H and O–H groups in total. The summed E-state index contributed by atoms with van der Waals surface area (Å²) in [6, 6.07) is 20.3. The van der Waals surface area contributed by atoms with E-state index in [4.69, 9.17) is 12.2 Å². The number of benzene rings is 2. The number of hydrogen-bond acceptors (Lipinski definition) is 1. The molecule has 0 atom stereocenters. The number of thiocarbonyl (C=S) groups is 1. The van der Waals surface area contributed by atoms with Crippen LogP contribution in [0.25, 0.3) is 5.69 Å². The monoisotopic (exact) mass is 399 g/mol. The number of aryl methyl sites for hydroxylation is 2. The molecule has 0 spiro atoms. The summed E-state index contributed by atoms with van der Waals surface area (Å²) in [6.45, 7) is 4.20. The third-order valence-corrected chi connectivity index (χ3v) is 4.68. The van der Waals surface area contributed by atoms with Crippen LogP contribution in [0.4, 0.5) is 11.4 Å². The molecule has 2 aromatic carbocycles. The van der Waals surface area contributed by atoms with Crippen molar-refractivity contribution in [3.05, 3.63) is 76.5 Å². The van der Waals surface area contributed by atoms with Crippen LogP contribution >= 0.6 is 28.1 Å². The Balaban J connectivity index is 1.86. The zero-order valence-corrected chi connectivity index (χ0v) is 15.9. The lowest BCUT2D eigenvalue weighted by Gasteiger charge is -2.17. The SMILES string of the molecule is Cc1ccc(C)n1-c1ccccc1NC(=S)Nc1ccccc1Br. The zero-order valence-electron chi connectivity index (χ0n) is 13.5. The van der Waals surface area contributed by atoms with Gasteiger partial charge in [0, 0.05) is 15.9 Å². The summed E-state index contributed by atoms with van der Waals surface area (Å²) >= 11 is 9.00. The lowest BCUT2D eigenvalue weighted by Crippen LogP contribution is -2.20. The second-order valence-corrected chi connectivity index (χ2v) is 6.79. The molecule has 0 aliphatic rings. The van der Waals surface area contributed by atoms with Gasteiger partial charge >= 0.3 is 0 Å². The van der Waals surface area contributed by atoms with Gasteiger partial charge in [0.05, 0.1) is 17.1 Å². The molecular weight excluding hydrogens is 382 g/mol. The van der Waals surface area contributed by atoms with Crippen LogP contribution in [0.15, 0.2) is 65.1 Å². The van der Waals surface area contributed by atoms with Gasteiger partial charge in [-0.15, -0.1) is 0 Å². The molecule has 24 heavy (non-hydrogen) atoms. The number of anilines is 2. The van der Waals surface area contributed by atoms with Gasteiger partial charge in [-0.25, -0.2) is 0 Å². The van der Waals surface area contributed by atoms with Crippen LogP contribution in [-0.2, 0) is 0 Å². The molecule has 3 rings (SSSR count). The Kier molecular flexibility index (Phi) is 5.02. The quantitative estimate of drug-likeness (QED) is 0.556. The van der Waals surface area contributed by atoms with Gasteiger partial charge in [0.1, 0.15) is 0 Å². The van der Waals surface area contributed by atoms with Gasteiger partial charge in [0.15, 0.2) is 5.11 Å². The predicted octanol–water partition coefficient (Wildman–Crippen LogP) is 5.67. The lowest BCUT2D eigenvalue weighted by atomic mass is 10.2. The second kappa shape index (κ2) is 7.20. The highest BCUT2D eigenvalue weighted by Crippen LogP contribution is 2.25. The van der Waals surface area contributed by atoms with Crippen LogP contribution in [0.3, 0.4) is 0 Å². The Morgan fingerprint density at radius 1 is 0.833 bits per heavy atom. The molecule has 0 aliphatic carbocycles. The maximum Gasteiger partial charge on any atom is 0.175 e. The summed E-state index contributed by atoms with van der Waals surface area (Å²) in [5.41, 5.74) is 5.34. The van der Waals surface area contributed by atoms with Crippen molar-refractivity contribution < 1.29 is 0 Å². The molecule has 5 heteroatoms. The Hall–Kier alpha value is -2.11. The fourth-order valence-electron chi connectivity index (χ4n) is 2.66. The number of nitrogens with one attached hydrogen (secondary N) is 2. The molecule has 0 aliphatic heterocycles. The van der Waals surface area contributed by atoms with Gasteiger partial charge in [-0.2, -0.15) is 0 Å². The molecule has 0 saturated carbocycles. The number of halogens is 1. The van der Waals surface area contributed by atoms with Crippen molar-refractivity contribution >= 4 is 44.6 Å². The van der Waals surface area contributed by atoms with E-state index in [1.165, 1.54) is 11.4 Å². The van der Waals surface area contributed by atoms with E-state index in [1.807, 2.05) is 42.5 Å². The molecule has 0 bridgehead atoms. The smallest absolute Gasteiger partial charge is 0.175 e. The van der Waals surface area contributed by atoms with Gasteiger partial charge in [-0.3, -0.25) is 0 Å². The van der Waals surface area contributed by atoms with Gasteiger partial charge in [-0.1, -0.05) is 24.3 Å². The first-order chi connectivity index (χ1) is 11.6. The highest BCUT2D eigenvalue weighted by Gasteiger charge is 2.10. The van der Waals surface area contributed by atoms with Gasteiger partial charge < -0.3 is 15.2 Å². The number of nitrogens with zero attached hydrogens (tertiary/aromatic N) is 1. The maximum absolute atomic E-state index is 5.48. The highest BCUT2D eigenvalue weighted by molar-refractivity contribution is 9.10. The first-order valence-corrected chi connectivity index (χ1v) is 8.83. The van der Waals surface area contributed by atoms with Crippen molar-refractivity contribution in [3.8, 4) is 5.69 Å². The fourth-order valence-corrected chi connectivity index (χ4v) is 3.27. The molecule has 1 heterocycles. The highest BCUT2D eigenvalue weighted by atomic mass is 79.9. The van der Waals surface area contributed by atoms with E-state index in [0.717, 1.165) is 21.5 Å². The predicted molar refractivity (Wildman–Crippen MR) is 109 cm³/mol. The van der Waals surface area contributed by atoms with E-state index in [2.05, 4.69) is 63.2 Å². The third kappa shape index (κ3) is 3.52. The van der Waals surface area contributed by atoms with E-state index in [-0.39, 0.29) is 0 Å². The Morgan fingerprint density at radius 2 is 1.38 bits per heavy atom. The van der Waals surface area contributed by atoms with E-state index in [1.54, 1.807) is 0 Å². The van der Waals surface area contributed by atoms with Crippen LogP contribution in [0.2, 0.25) is 0 Å². The molecule has 3 nitrogen and oxygen atoms in total. The number of aromatic nitrogens is 1. The first-order valence-electron chi connectivity index (χ1n) is 7.63. The van der Waals surface area contributed by atoms with Crippen LogP contribution in [0, 0.1) is 13.8 Å². The minimum Gasteiger partial charge on any atom is -0.332 e. The number of hydrogen-bond donors (Lipinski definition) is 2. The zero-order chi connectivity index (χ0) is 17.1. The standard InChI is InChI=1S/C19H18BrN3S/c1-13-11-12-14(2)23(13)18-10-6-5-9-17(18)22-19(24)21-16-8-4-3-7-15(16)20/h3-12H,1-2H3,(H2,21,22,24). The van der Waals surface area contributed by atoms with E-state index in [0.29, 0.717) is 5.11 Å². The average molecular weight is 400 g/mol. The van der Waals surface area contributed by atoms with Crippen molar-refractivity contribution in [2.75, 3.05) is 10.6 Å². The first kappa shape index (κ1) is 16.7. The summed E-state index contributed by atoms with van der Waals surface area (Å²) < 4.78 is 3.18. The number of para-hydroxylation sites is 3. The summed E-state index contributed by atoms with van der Waals surface area (Å²) in [7, 11) is 0. The summed E-state index contributed by atoms with van der Waals surface area (Å²) in [5, 5.41) is 7.08. The summed E-state index contributed by atoms with van der Waals surface area (Å²) in [5.74, 6) is 0. The minimum absolute atomic E-state index is 0.553. The van der Waals surface area contributed by atoms with E-state index < -0.39 is 0 Å². The van der Waals surface area contributed by atoms with Crippen LogP contribution in [0.1, 0.15) is 11.4 Å². The van der Waals surface area contributed by atoms with Gasteiger partial charge in [0.25, 0.3) is 0 Å². The Morgan fingerprint density at radius 3 is 2.04 bits per heavy atom. The van der Waals surface area contributed by atoms with Gasteiger partial charge in [-0.05, 0) is 78.4 Å². The van der Waals surface area contributed by atoms with Crippen molar-refractivity contribution in [2.24, 2.45) is 0 Å². The molecule has 1 aromatic heterocycles. The molecule has 0 unspecified atom stereocenters. The molecule has 0 fully saturated rings. The van der Waals surface area contributed by atoms with Crippen molar-refractivity contribution in [3.63, 3.8) is 0 Å². The Labute approximate surface area is 155 Å². The summed E-state index contributed by atoms with van der Waals surface area (Å²) in [6.07, 6.45) is 0. The van der Waals surface area contributed by atoms with E-state index in [9.17, 15) is 0 Å². The minimum atomic E-state index is 0.553. The Bertz CT molecular complexity index is 866. The van der Waals surface area contributed by atoms with Crippen molar-refractivity contribution in [1.29, 1.82) is 0 Å². The normalized spacial score (nSPS) is 10.5. The number of rotatable bonds is 3.